The molecule has 168 valence electrons. The number of imide groups is 1. The van der Waals surface area contributed by atoms with Crippen LogP contribution in [0.5, 0.6) is 5.75 Å². The van der Waals surface area contributed by atoms with Crippen LogP contribution in [-0.2, 0) is 9.59 Å². The van der Waals surface area contributed by atoms with E-state index in [0.29, 0.717) is 29.3 Å². The summed E-state index contributed by atoms with van der Waals surface area (Å²) in [6.07, 6.45) is 0. The highest BCUT2D eigenvalue weighted by Gasteiger charge is 2.44. The highest BCUT2D eigenvalue weighted by molar-refractivity contribution is 6.45. The van der Waals surface area contributed by atoms with Crippen molar-refractivity contribution in [3.05, 3.63) is 64.9 Å². The number of amides is 2. The zero-order chi connectivity index (χ0) is 22.8. The van der Waals surface area contributed by atoms with Crippen molar-refractivity contribution in [1.29, 1.82) is 0 Å². The van der Waals surface area contributed by atoms with Gasteiger partial charge in [0.05, 0.1) is 17.9 Å². The number of ether oxygens (including phenoxy) is 1. The van der Waals surface area contributed by atoms with E-state index in [1.807, 2.05) is 45.0 Å². The molecule has 0 aliphatic carbocycles. The topological polar surface area (TPSA) is 53.1 Å². The summed E-state index contributed by atoms with van der Waals surface area (Å²) >= 11 is 0. The lowest BCUT2D eigenvalue weighted by Gasteiger charge is -2.36. The van der Waals surface area contributed by atoms with Crippen LogP contribution in [-0.4, -0.2) is 60.9 Å². The molecule has 2 amide bonds. The fourth-order valence-corrected chi connectivity index (χ4v) is 4.57. The minimum absolute atomic E-state index is 0.276. The average molecular weight is 434 g/mol. The van der Waals surface area contributed by atoms with E-state index in [1.165, 1.54) is 4.90 Å². The van der Waals surface area contributed by atoms with Gasteiger partial charge >= 0.3 is 0 Å². The van der Waals surface area contributed by atoms with Crippen molar-refractivity contribution in [3.8, 4) is 5.75 Å². The first-order valence-electron chi connectivity index (χ1n) is 11.4. The number of hydrogen-bond acceptors (Lipinski definition) is 5. The van der Waals surface area contributed by atoms with Crippen LogP contribution in [0.1, 0.15) is 30.5 Å². The van der Waals surface area contributed by atoms with E-state index in [9.17, 15) is 9.59 Å². The first-order chi connectivity index (χ1) is 15.5. The molecule has 0 saturated carbocycles. The van der Waals surface area contributed by atoms with Gasteiger partial charge < -0.3 is 14.5 Å². The number of carbonyl (C=O) groups excluding carboxylic acids is 2. The van der Waals surface area contributed by atoms with Gasteiger partial charge in [-0.25, -0.2) is 4.90 Å². The number of benzene rings is 2. The van der Waals surface area contributed by atoms with Crippen molar-refractivity contribution in [2.24, 2.45) is 0 Å². The highest BCUT2D eigenvalue weighted by atomic mass is 16.5. The molecular weight excluding hydrogens is 402 g/mol. The van der Waals surface area contributed by atoms with Crippen molar-refractivity contribution in [2.75, 3.05) is 44.2 Å². The second-order valence-electron chi connectivity index (χ2n) is 8.31. The minimum atomic E-state index is -0.290. The zero-order valence-corrected chi connectivity index (χ0v) is 19.4. The molecule has 2 aliphatic rings. The summed E-state index contributed by atoms with van der Waals surface area (Å²) in [6.45, 7) is 12.7. The van der Waals surface area contributed by atoms with Gasteiger partial charge in [-0.1, -0.05) is 42.8 Å². The van der Waals surface area contributed by atoms with Crippen molar-refractivity contribution >= 4 is 23.1 Å². The van der Waals surface area contributed by atoms with Gasteiger partial charge in [-0.2, -0.15) is 0 Å². The van der Waals surface area contributed by atoms with Crippen molar-refractivity contribution < 1.29 is 14.3 Å². The Morgan fingerprint density at radius 1 is 0.906 bits per heavy atom. The lowest BCUT2D eigenvalue weighted by molar-refractivity contribution is -0.120. The quantitative estimate of drug-likeness (QED) is 0.652. The van der Waals surface area contributed by atoms with Gasteiger partial charge in [0.25, 0.3) is 11.8 Å². The maximum absolute atomic E-state index is 13.8. The van der Waals surface area contributed by atoms with Crippen LogP contribution in [0.15, 0.2) is 48.2 Å². The molecule has 0 unspecified atom stereocenters. The van der Waals surface area contributed by atoms with E-state index in [-0.39, 0.29) is 11.8 Å². The third-order valence-electron chi connectivity index (χ3n) is 6.25. The van der Waals surface area contributed by atoms with Crippen LogP contribution < -0.4 is 9.64 Å². The predicted molar refractivity (Wildman–Crippen MR) is 127 cm³/mol. The lowest BCUT2D eigenvalue weighted by Crippen LogP contribution is -2.47. The molecule has 0 atom stereocenters. The summed E-state index contributed by atoms with van der Waals surface area (Å²) < 4.78 is 5.75. The Kier molecular flexibility index (Phi) is 6.33. The summed E-state index contributed by atoms with van der Waals surface area (Å²) in [7, 11) is 0. The van der Waals surface area contributed by atoms with E-state index >= 15 is 0 Å². The minimum Gasteiger partial charge on any atom is -0.492 e. The van der Waals surface area contributed by atoms with Gasteiger partial charge in [-0.3, -0.25) is 9.59 Å². The third kappa shape index (κ3) is 3.91. The second kappa shape index (κ2) is 9.17. The molecule has 4 rings (SSSR count). The fourth-order valence-electron chi connectivity index (χ4n) is 4.57. The van der Waals surface area contributed by atoms with E-state index in [0.717, 1.165) is 49.4 Å². The summed E-state index contributed by atoms with van der Waals surface area (Å²) in [5.41, 5.74) is 4.42. The number of piperazine rings is 1. The molecule has 0 N–H and O–H groups in total. The number of nitrogens with zero attached hydrogens (tertiary/aromatic N) is 3. The predicted octanol–water partition coefficient (Wildman–Crippen LogP) is 3.62. The standard InChI is InChI=1S/C26H31N3O3/c1-5-27-13-15-28(16-14-27)24-23(20-12-11-18(3)17-19(20)4)25(30)29(26(24)31)21-9-7-8-10-22(21)32-6-2/h7-12,17H,5-6,13-16H2,1-4H3. The van der Waals surface area contributed by atoms with Gasteiger partial charge in [-0.05, 0) is 50.6 Å². The molecule has 2 heterocycles. The number of anilines is 1. The Morgan fingerprint density at radius 2 is 1.62 bits per heavy atom. The maximum atomic E-state index is 13.8. The van der Waals surface area contributed by atoms with Crippen LogP contribution in [0.3, 0.4) is 0 Å². The summed E-state index contributed by atoms with van der Waals surface area (Å²) in [5, 5.41) is 0. The molecule has 32 heavy (non-hydrogen) atoms. The Labute approximate surface area is 190 Å². The molecule has 6 heteroatoms. The molecule has 0 aromatic heterocycles. The van der Waals surface area contributed by atoms with E-state index in [1.54, 1.807) is 12.1 Å². The van der Waals surface area contributed by atoms with E-state index in [2.05, 4.69) is 22.8 Å². The van der Waals surface area contributed by atoms with Crippen molar-refractivity contribution in [2.45, 2.75) is 27.7 Å². The van der Waals surface area contributed by atoms with Gasteiger partial charge in [0, 0.05) is 26.2 Å². The first-order valence-corrected chi connectivity index (χ1v) is 11.4. The molecule has 6 nitrogen and oxygen atoms in total. The summed E-state index contributed by atoms with van der Waals surface area (Å²) in [4.78, 5) is 33.4. The molecular formula is C26H31N3O3. The van der Waals surface area contributed by atoms with Crippen LogP contribution in [0.25, 0.3) is 5.57 Å². The maximum Gasteiger partial charge on any atom is 0.282 e. The molecule has 2 aromatic carbocycles. The van der Waals surface area contributed by atoms with E-state index < -0.39 is 0 Å². The smallest absolute Gasteiger partial charge is 0.282 e. The monoisotopic (exact) mass is 433 g/mol. The molecule has 1 saturated heterocycles. The van der Waals surface area contributed by atoms with Gasteiger partial charge in [0.2, 0.25) is 0 Å². The second-order valence-corrected chi connectivity index (χ2v) is 8.31. The molecule has 2 aliphatic heterocycles. The largest absolute Gasteiger partial charge is 0.492 e. The summed E-state index contributed by atoms with van der Waals surface area (Å²) in [6, 6.07) is 13.3. The number of likely N-dealkylation sites (N-methyl/N-ethyl adjacent to an activating group) is 1. The lowest BCUT2D eigenvalue weighted by atomic mass is 9.97. The molecule has 2 aromatic rings. The van der Waals surface area contributed by atoms with Crippen molar-refractivity contribution in [3.63, 3.8) is 0 Å². The number of hydrogen-bond donors (Lipinski definition) is 0. The van der Waals surface area contributed by atoms with Crippen LogP contribution >= 0.6 is 0 Å². The van der Waals surface area contributed by atoms with Crippen LogP contribution in [0, 0.1) is 13.8 Å². The highest BCUT2D eigenvalue weighted by Crippen LogP contribution is 2.39. The first kappa shape index (κ1) is 22.1. The molecule has 0 radical (unpaired) electrons. The third-order valence-corrected chi connectivity index (χ3v) is 6.25. The Morgan fingerprint density at radius 3 is 2.28 bits per heavy atom. The zero-order valence-electron chi connectivity index (χ0n) is 19.4. The molecule has 0 bridgehead atoms. The summed E-state index contributed by atoms with van der Waals surface area (Å²) in [5.74, 6) is -0.0298. The van der Waals surface area contributed by atoms with E-state index in [4.69, 9.17) is 4.74 Å². The molecule has 1 fully saturated rings. The van der Waals surface area contributed by atoms with Gasteiger partial charge in [-0.15, -0.1) is 0 Å². The van der Waals surface area contributed by atoms with Crippen molar-refractivity contribution in [1.82, 2.24) is 9.80 Å². The number of carbonyl (C=O) groups is 2. The Hall–Kier alpha value is -3.12. The van der Waals surface area contributed by atoms with Crippen LogP contribution in [0.4, 0.5) is 5.69 Å². The van der Waals surface area contributed by atoms with Crippen LogP contribution in [0.2, 0.25) is 0 Å². The number of aryl methyl sites for hydroxylation is 2. The SMILES string of the molecule is CCOc1ccccc1N1C(=O)C(c2ccc(C)cc2C)=C(N2CCN(CC)CC2)C1=O. The number of rotatable bonds is 6. The van der Waals surface area contributed by atoms with Gasteiger partial charge in [0.15, 0.2) is 0 Å². The Balaban J connectivity index is 1.82. The Bertz CT molecular complexity index is 1070. The molecule has 0 spiro atoms. The average Bonchev–Trinajstić information content (AvgIpc) is 3.04. The van der Waals surface area contributed by atoms with Gasteiger partial charge in [0.1, 0.15) is 11.4 Å². The normalized spacial score (nSPS) is 17.5. The fraction of sp³-hybridized carbons (Fsp3) is 0.385. The number of para-hydroxylation sites is 2.